The number of thioether (sulfide) groups is 1. The number of carbonyl (C=O) groups is 2. The Balaban J connectivity index is 1.41. The van der Waals surface area contributed by atoms with Crippen LogP contribution in [-0.4, -0.2) is 33.9 Å². The third kappa shape index (κ3) is 4.28. The predicted octanol–water partition coefficient (Wildman–Crippen LogP) is 3.62. The second-order valence-electron chi connectivity index (χ2n) is 7.17. The van der Waals surface area contributed by atoms with Gasteiger partial charge in [0.2, 0.25) is 11.8 Å². The molecule has 4 rings (SSSR count). The van der Waals surface area contributed by atoms with Gasteiger partial charge in [0.1, 0.15) is 16.5 Å². The number of aryl methyl sites for hydroxylation is 2. The van der Waals surface area contributed by atoms with Crippen molar-refractivity contribution in [2.24, 2.45) is 0 Å². The highest BCUT2D eigenvalue weighted by molar-refractivity contribution is 7.99. The van der Waals surface area contributed by atoms with Gasteiger partial charge in [0.25, 0.3) is 0 Å². The van der Waals surface area contributed by atoms with E-state index in [4.69, 9.17) is 4.42 Å². The second kappa shape index (κ2) is 8.79. The number of aromatic nitrogens is 2. The largest absolute Gasteiger partial charge is 0.465 e. The number of benzene rings is 1. The molecule has 0 aliphatic carbocycles. The summed E-state index contributed by atoms with van der Waals surface area (Å²) in [5.74, 6) is 2.08. The van der Waals surface area contributed by atoms with Crippen LogP contribution in [-0.2, 0) is 16.1 Å². The lowest BCUT2D eigenvalue weighted by molar-refractivity contribution is -0.125. The van der Waals surface area contributed by atoms with E-state index in [1.807, 2.05) is 61.0 Å². The second-order valence-corrected chi connectivity index (χ2v) is 8.25. The summed E-state index contributed by atoms with van der Waals surface area (Å²) in [4.78, 5) is 26.9. The lowest BCUT2D eigenvalue weighted by Gasteiger charge is -2.27. The van der Waals surface area contributed by atoms with Gasteiger partial charge in [-0.05, 0) is 38.1 Å². The SMILES string of the molecule is Cc1ccc(CNC(=O)CCC(=O)N2CCSc3c2c(C)nn3-c2ccccc2)o1. The fourth-order valence-corrected chi connectivity index (χ4v) is 4.62. The third-order valence-electron chi connectivity index (χ3n) is 4.93. The van der Waals surface area contributed by atoms with Crippen LogP contribution in [0.2, 0.25) is 0 Å². The van der Waals surface area contributed by atoms with E-state index in [9.17, 15) is 9.59 Å². The molecule has 3 heterocycles. The number of para-hydroxylation sites is 1. The molecule has 2 amide bonds. The van der Waals surface area contributed by atoms with Crippen molar-refractivity contribution in [2.45, 2.75) is 38.3 Å². The minimum Gasteiger partial charge on any atom is -0.465 e. The van der Waals surface area contributed by atoms with Gasteiger partial charge >= 0.3 is 0 Å². The minimum absolute atomic E-state index is 0.0590. The number of nitrogens with one attached hydrogen (secondary N) is 1. The monoisotopic (exact) mass is 424 g/mol. The zero-order valence-corrected chi connectivity index (χ0v) is 17.9. The number of amides is 2. The minimum atomic E-state index is -0.166. The molecule has 0 bridgehead atoms. The van der Waals surface area contributed by atoms with Crippen LogP contribution in [0.1, 0.15) is 30.1 Å². The van der Waals surface area contributed by atoms with Gasteiger partial charge in [-0.2, -0.15) is 5.10 Å². The standard InChI is InChI=1S/C22H24N4O3S/c1-15-8-9-18(29-15)14-23-19(27)10-11-20(28)25-12-13-30-22-21(25)16(2)24-26(22)17-6-4-3-5-7-17/h3-9H,10-14H2,1-2H3,(H,23,27). The fourth-order valence-electron chi connectivity index (χ4n) is 3.49. The van der Waals surface area contributed by atoms with Crippen LogP contribution in [0.15, 0.2) is 51.9 Å². The van der Waals surface area contributed by atoms with E-state index in [0.29, 0.717) is 18.8 Å². The van der Waals surface area contributed by atoms with Gasteiger partial charge < -0.3 is 14.6 Å². The summed E-state index contributed by atoms with van der Waals surface area (Å²) in [5, 5.41) is 8.44. The summed E-state index contributed by atoms with van der Waals surface area (Å²) < 4.78 is 7.34. The number of carbonyl (C=O) groups excluding carboxylic acids is 2. The average Bonchev–Trinajstić information content (AvgIpc) is 3.34. The Labute approximate surface area is 179 Å². The average molecular weight is 425 g/mol. The van der Waals surface area contributed by atoms with Crippen LogP contribution in [0, 0.1) is 13.8 Å². The number of rotatable bonds is 6. The Morgan fingerprint density at radius 2 is 1.93 bits per heavy atom. The topological polar surface area (TPSA) is 80.4 Å². The highest BCUT2D eigenvalue weighted by atomic mass is 32.2. The maximum Gasteiger partial charge on any atom is 0.227 e. The molecule has 0 spiro atoms. The molecular formula is C22H24N4O3S. The fraction of sp³-hybridized carbons (Fsp3) is 0.318. The smallest absolute Gasteiger partial charge is 0.227 e. The summed E-state index contributed by atoms with van der Waals surface area (Å²) in [6, 6.07) is 13.6. The Morgan fingerprint density at radius 3 is 2.67 bits per heavy atom. The number of hydrogen-bond acceptors (Lipinski definition) is 5. The molecule has 0 fully saturated rings. The van der Waals surface area contributed by atoms with E-state index in [1.165, 1.54) is 0 Å². The summed E-state index contributed by atoms with van der Waals surface area (Å²) >= 11 is 1.70. The maximum absolute atomic E-state index is 12.9. The van der Waals surface area contributed by atoms with Crippen molar-refractivity contribution >= 4 is 29.3 Å². The first-order chi connectivity index (χ1) is 14.5. The van der Waals surface area contributed by atoms with E-state index >= 15 is 0 Å². The van der Waals surface area contributed by atoms with Crippen molar-refractivity contribution in [3.63, 3.8) is 0 Å². The van der Waals surface area contributed by atoms with E-state index in [-0.39, 0.29) is 24.7 Å². The molecule has 0 saturated carbocycles. The van der Waals surface area contributed by atoms with Gasteiger partial charge in [-0.1, -0.05) is 18.2 Å². The van der Waals surface area contributed by atoms with E-state index in [2.05, 4.69) is 10.4 Å². The lowest BCUT2D eigenvalue weighted by atomic mass is 10.2. The van der Waals surface area contributed by atoms with Gasteiger partial charge in [0.05, 0.1) is 23.6 Å². The zero-order valence-electron chi connectivity index (χ0n) is 17.1. The molecule has 30 heavy (non-hydrogen) atoms. The van der Waals surface area contributed by atoms with Crippen molar-refractivity contribution in [1.82, 2.24) is 15.1 Å². The van der Waals surface area contributed by atoms with Crippen LogP contribution in [0.5, 0.6) is 0 Å². The molecule has 2 aromatic heterocycles. The first-order valence-corrected chi connectivity index (χ1v) is 10.9. The van der Waals surface area contributed by atoms with Gasteiger partial charge in [0.15, 0.2) is 0 Å². The van der Waals surface area contributed by atoms with Crippen LogP contribution < -0.4 is 10.2 Å². The lowest BCUT2D eigenvalue weighted by Crippen LogP contribution is -2.36. The first kappa shape index (κ1) is 20.3. The Bertz CT molecular complexity index is 1060. The summed E-state index contributed by atoms with van der Waals surface area (Å²) in [7, 11) is 0. The van der Waals surface area contributed by atoms with Crippen molar-refractivity contribution in [1.29, 1.82) is 0 Å². The quantitative estimate of drug-likeness (QED) is 0.654. The van der Waals surface area contributed by atoms with Crippen LogP contribution in [0.4, 0.5) is 5.69 Å². The normalized spacial score (nSPS) is 13.2. The highest BCUT2D eigenvalue weighted by Crippen LogP contribution is 2.39. The van der Waals surface area contributed by atoms with Gasteiger partial charge in [-0.15, -0.1) is 11.8 Å². The molecule has 0 atom stereocenters. The zero-order chi connectivity index (χ0) is 21.1. The van der Waals surface area contributed by atoms with Crippen molar-refractivity contribution in [3.05, 3.63) is 59.7 Å². The van der Waals surface area contributed by atoms with Crippen LogP contribution in [0.3, 0.4) is 0 Å². The highest BCUT2D eigenvalue weighted by Gasteiger charge is 2.29. The third-order valence-corrected chi connectivity index (χ3v) is 5.96. The molecule has 156 valence electrons. The van der Waals surface area contributed by atoms with Crippen molar-refractivity contribution < 1.29 is 14.0 Å². The van der Waals surface area contributed by atoms with E-state index in [0.717, 1.165) is 33.6 Å². The number of anilines is 1. The molecule has 1 N–H and O–H groups in total. The molecule has 1 aromatic carbocycles. The Kier molecular flexibility index (Phi) is 5.94. The summed E-state index contributed by atoms with van der Waals surface area (Å²) in [6.07, 6.45) is 0.298. The van der Waals surface area contributed by atoms with E-state index in [1.54, 1.807) is 16.7 Å². The van der Waals surface area contributed by atoms with Crippen LogP contribution >= 0.6 is 11.8 Å². The van der Waals surface area contributed by atoms with E-state index < -0.39 is 0 Å². The number of nitrogens with zero attached hydrogens (tertiary/aromatic N) is 3. The number of hydrogen-bond donors (Lipinski definition) is 1. The molecule has 7 nitrogen and oxygen atoms in total. The first-order valence-electron chi connectivity index (χ1n) is 9.93. The molecule has 0 unspecified atom stereocenters. The molecule has 0 saturated heterocycles. The molecule has 1 aliphatic rings. The molecular weight excluding hydrogens is 400 g/mol. The van der Waals surface area contributed by atoms with Gasteiger partial charge in [0, 0.05) is 25.1 Å². The summed E-state index contributed by atoms with van der Waals surface area (Å²) in [5.41, 5.74) is 2.63. The summed E-state index contributed by atoms with van der Waals surface area (Å²) in [6.45, 7) is 4.72. The Morgan fingerprint density at radius 1 is 1.13 bits per heavy atom. The van der Waals surface area contributed by atoms with Gasteiger partial charge in [-0.3, -0.25) is 9.59 Å². The maximum atomic E-state index is 12.9. The molecule has 3 aromatic rings. The van der Waals surface area contributed by atoms with Crippen molar-refractivity contribution in [2.75, 3.05) is 17.2 Å². The van der Waals surface area contributed by atoms with Crippen molar-refractivity contribution in [3.8, 4) is 5.69 Å². The van der Waals surface area contributed by atoms with Crippen LogP contribution in [0.25, 0.3) is 5.69 Å². The van der Waals surface area contributed by atoms with Gasteiger partial charge in [-0.25, -0.2) is 4.68 Å². The molecule has 8 heteroatoms. The number of furan rings is 1. The Hall–Kier alpha value is -3.00. The number of fused-ring (bicyclic) bond motifs is 1. The molecule has 0 radical (unpaired) electrons. The predicted molar refractivity (Wildman–Crippen MR) is 116 cm³/mol. The molecule has 1 aliphatic heterocycles.